The van der Waals surface area contributed by atoms with E-state index in [0.29, 0.717) is 19.6 Å². The van der Waals surface area contributed by atoms with E-state index in [4.69, 9.17) is 15.7 Å². The number of nitrogens with two attached hydrogens (primary N) is 1. The van der Waals surface area contributed by atoms with Gasteiger partial charge in [0.1, 0.15) is 0 Å². The average molecular weight is 269 g/mol. The van der Waals surface area contributed by atoms with Crippen LogP contribution >= 0.6 is 0 Å². The Labute approximate surface area is 113 Å². The van der Waals surface area contributed by atoms with E-state index in [2.05, 4.69) is 5.16 Å². The minimum absolute atomic E-state index is 0.00588. The molecule has 3 N–H and O–H groups in total. The smallest absolute Gasteiger partial charge is 0.233 e. The standard InChI is InChI=1S/C13H23N3O3/c1-2-9(12(14)15-18)13(17)16-7-8-19-11-6-4-3-5-10(11)16/h9-11,18H,2-8H2,1H3,(H2,14,15). The van der Waals surface area contributed by atoms with Gasteiger partial charge in [-0.1, -0.05) is 24.9 Å². The van der Waals surface area contributed by atoms with Crippen molar-refractivity contribution < 1.29 is 14.7 Å². The van der Waals surface area contributed by atoms with Gasteiger partial charge in [-0.15, -0.1) is 0 Å². The summed E-state index contributed by atoms with van der Waals surface area (Å²) >= 11 is 0. The van der Waals surface area contributed by atoms with E-state index < -0.39 is 5.92 Å². The van der Waals surface area contributed by atoms with Crippen LogP contribution in [0.15, 0.2) is 5.16 Å². The number of carbonyl (C=O) groups excluding carboxylic acids is 1. The summed E-state index contributed by atoms with van der Waals surface area (Å²) in [5.41, 5.74) is 5.62. The van der Waals surface area contributed by atoms with Crippen LogP contribution in [0, 0.1) is 5.92 Å². The van der Waals surface area contributed by atoms with Crippen LogP contribution in [0.3, 0.4) is 0 Å². The lowest BCUT2D eigenvalue weighted by molar-refractivity contribution is -0.151. The van der Waals surface area contributed by atoms with Crippen molar-refractivity contribution in [3.8, 4) is 0 Å². The third kappa shape index (κ3) is 2.83. The zero-order chi connectivity index (χ0) is 13.8. The molecule has 0 aromatic heterocycles. The maximum atomic E-state index is 12.6. The summed E-state index contributed by atoms with van der Waals surface area (Å²) < 4.78 is 5.76. The number of amidine groups is 1. The minimum atomic E-state index is -0.523. The average Bonchev–Trinajstić information content (AvgIpc) is 2.47. The Morgan fingerprint density at radius 2 is 2.26 bits per heavy atom. The molecule has 6 nitrogen and oxygen atoms in total. The Balaban J connectivity index is 2.12. The van der Waals surface area contributed by atoms with Gasteiger partial charge in [0.2, 0.25) is 5.91 Å². The molecule has 1 aliphatic heterocycles. The van der Waals surface area contributed by atoms with Gasteiger partial charge in [-0.2, -0.15) is 0 Å². The highest BCUT2D eigenvalue weighted by atomic mass is 16.5. The molecule has 3 atom stereocenters. The van der Waals surface area contributed by atoms with Crippen molar-refractivity contribution >= 4 is 11.7 Å². The molecule has 0 radical (unpaired) electrons. The molecule has 0 spiro atoms. The summed E-state index contributed by atoms with van der Waals surface area (Å²) in [5.74, 6) is -0.546. The molecule has 2 rings (SSSR count). The normalized spacial score (nSPS) is 29.7. The quantitative estimate of drug-likeness (QED) is 0.345. The number of carbonyl (C=O) groups is 1. The summed E-state index contributed by atoms with van der Waals surface area (Å²) in [6.45, 7) is 3.06. The maximum absolute atomic E-state index is 12.6. The Kier molecular flexibility index (Phi) is 4.63. The van der Waals surface area contributed by atoms with Crippen molar-refractivity contribution in [1.29, 1.82) is 0 Å². The lowest BCUT2D eigenvalue weighted by Gasteiger charge is -2.44. The Hall–Kier alpha value is -1.30. The molecule has 1 aliphatic carbocycles. The summed E-state index contributed by atoms with van der Waals surface area (Å²) in [6.07, 6.45) is 5.02. The minimum Gasteiger partial charge on any atom is -0.409 e. The van der Waals surface area contributed by atoms with Crippen LogP contribution < -0.4 is 5.73 Å². The van der Waals surface area contributed by atoms with E-state index in [9.17, 15) is 4.79 Å². The first kappa shape index (κ1) is 14.1. The van der Waals surface area contributed by atoms with E-state index >= 15 is 0 Å². The molecule has 3 unspecified atom stereocenters. The second kappa shape index (κ2) is 6.23. The largest absolute Gasteiger partial charge is 0.409 e. The van der Waals surface area contributed by atoms with Crippen molar-refractivity contribution in [1.82, 2.24) is 4.90 Å². The molecule has 1 saturated heterocycles. The monoisotopic (exact) mass is 269 g/mol. The van der Waals surface area contributed by atoms with Crippen molar-refractivity contribution in [2.45, 2.75) is 51.2 Å². The van der Waals surface area contributed by atoms with Gasteiger partial charge in [-0.3, -0.25) is 4.79 Å². The van der Waals surface area contributed by atoms with Crippen molar-refractivity contribution in [2.24, 2.45) is 16.8 Å². The van der Waals surface area contributed by atoms with E-state index in [1.807, 2.05) is 11.8 Å². The topological polar surface area (TPSA) is 88.2 Å². The fraction of sp³-hybridized carbons (Fsp3) is 0.846. The Bertz CT molecular complexity index is 357. The van der Waals surface area contributed by atoms with E-state index in [0.717, 1.165) is 19.3 Å². The maximum Gasteiger partial charge on any atom is 0.233 e. The summed E-state index contributed by atoms with van der Waals surface area (Å²) in [4.78, 5) is 14.5. The molecule has 2 fully saturated rings. The zero-order valence-electron chi connectivity index (χ0n) is 11.4. The first-order valence-corrected chi connectivity index (χ1v) is 7.08. The van der Waals surface area contributed by atoms with Crippen LogP contribution in [-0.4, -0.2) is 47.1 Å². The fourth-order valence-electron chi connectivity index (χ4n) is 3.15. The van der Waals surface area contributed by atoms with Gasteiger partial charge in [0.15, 0.2) is 5.84 Å². The van der Waals surface area contributed by atoms with Crippen LogP contribution in [-0.2, 0) is 9.53 Å². The summed E-state index contributed by atoms with van der Waals surface area (Å²) in [7, 11) is 0. The highest BCUT2D eigenvalue weighted by molar-refractivity contribution is 6.02. The van der Waals surface area contributed by atoms with Crippen LogP contribution in [0.2, 0.25) is 0 Å². The van der Waals surface area contributed by atoms with Crippen molar-refractivity contribution in [3.63, 3.8) is 0 Å². The van der Waals surface area contributed by atoms with Gasteiger partial charge in [0.25, 0.3) is 0 Å². The first-order valence-electron chi connectivity index (χ1n) is 7.08. The van der Waals surface area contributed by atoms with Gasteiger partial charge >= 0.3 is 0 Å². The van der Waals surface area contributed by atoms with Gasteiger partial charge in [-0.25, -0.2) is 0 Å². The molecule has 0 aromatic rings. The summed E-state index contributed by atoms with van der Waals surface area (Å²) in [5, 5.41) is 11.8. The predicted molar refractivity (Wildman–Crippen MR) is 70.9 cm³/mol. The molecule has 19 heavy (non-hydrogen) atoms. The van der Waals surface area contributed by atoms with Gasteiger partial charge in [0, 0.05) is 6.54 Å². The third-order valence-electron chi connectivity index (χ3n) is 4.19. The van der Waals surface area contributed by atoms with Crippen molar-refractivity contribution in [3.05, 3.63) is 0 Å². The number of rotatable bonds is 3. The molecule has 0 aromatic carbocycles. The molecule has 2 aliphatic rings. The zero-order valence-corrected chi connectivity index (χ0v) is 11.4. The number of fused-ring (bicyclic) bond motifs is 1. The number of morpholine rings is 1. The van der Waals surface area contributed by atoms with Crippen LogP contribution in [0.5, 0.6) is 0 Å². The molecule has 1 saturated carbocycles. The lowest BCUT2D eigenvalue weighted by Crippen LogP contribution is -2.57. The third-order valence-corrected chi connectivity index (χ3v) is 4.19. The van der Waals surface area contributed by atoms with Crippen molar-refractivity contribution in [2.75, 3.05) is 13.2 Å². The highest BCUT2D eigenvalue weighted by Gasteiger charge is 2.39. The number of amides is 1. The van der Waals surface area contributed by atoms with E-state index in [1.165, 1.54) is 6.42 Å². The van der Waals surface area contributed by atoms with Crippen LogP contribution in [0.4, 0.5) is 0 Å². The van der Waals surface area contributed by atoms with Crippen LogP contribution in [0.25, 0.3) is 0 Å². The van der Waals surface area contributed by atoms with E-state index in [1.54, 1.807) is 0 Å². The highest BCUT2D eigenvalue weighted by Crippen LogP contribution is 2.29. The van der Waals surface area contributed by atoms with E-state index in [-0.39, 0.29) is 23.9 Å². The SMILES string of the molecule is CCC(C(=O)N1CCOC2CCCCC21)C(N)=NO. The first-order chi connectivity index (χ1) is 9.19. The predicted octanol–water partition coefficient (Wildman–Crippen LogP) is 0.929. The molecule has 1 heterocycles. The Morgan fingerprint density at radius 3 is 2.95 bits per heavy atom. The molecule has 0 bridgehead atoms. The second-order valence-electron chi connectivity index (χ2n) is 5.28. The Morgan fingerprint density at radius 1 is 1.53 bits per heavy atom. The van der Waals surface area contributed by atoms with Crippen LogP contribution in [0.1, 0.15) is 39.0 Å². The molecule has 6 heteroatoms. The number of oxime groups is 1. The number of hydrogen-bond acceptors (Lipinski definition) is 4. The van der Waals surface area contributed by atoms with Gasteiger partial charge in [0.05, 0.1) is 24.7 Å². The second-order valence-corrected chi connectivity index (χ2v) is 5.28. The van der Waals surface area contributed by atoms with Gasteiger partial charge < -0.3 is 20.6 Å². The molecular weight excluding hydrogens is 246 g/mol. The number of nitrogens with zero attached hydrogens (tertiary/aromatic N) is 2. The molecule has 1 amide bonds. The number of ether oxygens (including phenoxy) is 1. The lowest BCUT2D eigenvalue weighted by atomic mass is 9.89. The number of hydrogen-bond donors (Lipinski definition) is 2. The molecule has 108 valence electrons. The van der Waals surface area contributed by atoms with Gasteiger partial charge in [-0.05, 0) is 19.3 Å². The fourth-order valence-corrected chi connectivity index (χ4v) is 3.15. The summed E-state index contributed by atoms with van der Waals surface area (Å²) in [6, 6.07) is 0.163. The molecular formula is C13H23N3O3.